The molecule has 1 aromatic carbocycles. The zero-order chi connectivity index (χ0) is 15.0. The molecule has 0 radical (unpaired) electrons. The number of carbonyl (C=O) groups is 1. The van der Waals surface area contributed by atoms with Crippen LogP contribution in [0.25, 0.3) is 0 Å². The molecule has 114 valence electrons. The first kappa shape index (κ1) is 14.9. The number of piperidine rings is 1. The first-order chi connectivity index (χ1) is 10.1. The summed E-state index contributed by atoms with van der Waals surface area (Å²) in [5, 5.41) is 0.693. The van der Waals surface area contributed by atoms with Gasteiger partial charge in [0.2, 0.25) is 0 Å². The fourth-order valence-corrected chi connectivity index (χ4v) is 3.94. The topological polar surface area (TPSA) is 23.6 Å². The first-order valence-electron chi connectivity index (χ1n) is 7.87. The molecule has 21 heavy (non-hydrogen) atoms. The lowest BCUT2D eigenvalue weighted by Gasteiger charge is -2.48. The minimum atomic E-state index is 0.0635. The summed E-state index contributed by atoms with van der Waals surface area (Å²) in [4.78, 5) is 16.5. The number of halogens is 1. The van der Waals surface area contributed by atoms with Crippen molar-refractivity contribution in [3.05, 3.63) is 28.8 Å². The van der Waals surface area contributed by atoms with Crippen molar-refractivity contribution in [2.75, 3.05) is 24.5 Å². The number of hydrogen-bond donors (Lipinski definition) is 0. The lowest BCUT2D eigenvalue weighted by molar-refractivity contribution is 0.101. The minimum Gasteiger partial charge on any atom is -0.365 e. The predicted molar refractivity (Wildman–Crippen MR) is 87.5 cm³/mol. The van der Waals surface area contributed by atoms with Gasteiger partial charge in [-0.1, -0.05) is 18.0 Å². The van der Waals surface area contributed by atoms with Gasteiger partial charge in [0.1, 0.15) is 0 Å². The van der Waals surface area contributed by atoms with E-state index in [1.165, 1.54) is 25.8 Å². The molecule has 0 saturated carbocycles. The standard InChI is InChI=1S/C17H23ClN2O/c1-12-10-19-8-4-3-5-15(19)11-20(12)17-7-6-14(13(2)21)9-16(17)18/h6-7,9,12,15H,3-5,8,10-11H2,1-2H3. The summed E-state index contributed by atoms with van der Waals surface area (Å²) in [5.74, 6) is 0.0635. The number of carbonyl (C=O) groups excluding carboxylic acids is 1. The van der Waals surface area contributed by atoms with Crippen molar-refractivity contribution in [3.8, 4) is 0 Å². The predicted octanol–water partition coefficient (Wildman–Crippen LogP) is 3.61. The normalized spacial score (nSPS) is 26.5. The van der Waals surface area contributed by atoms with Crippen LogP contribution in [0.4, 0.5) is 5.69 Å². The molecule has 0 amide bonds. The maximum Gasteiger partial charge on any atom is 0.159 e. The summed E-state index contributed by atoms with van der Waals surface area (Å²) in [6.45, 7) is 7.23. The van der Waals surface area contributed by atoms with Crippen LogP contribution < -0.4 is 4.90 Å². The highest BCUT2D eigenvalue weighted by Gasteiger charge is 2.33. The van der Waals surface area contributed by atoms with E-state index in [1.807, 2.05) is 12.1 Å². The largest absolute Gasteiger partial charge is 0.365 e. The Morgan fingerprint density at radius 1 is 1.29 bits per heavy atom. The van der Waals surface area contributed by atoms with Gasteiger partial charge in [0, 0.05) is 30.7 Å². The monoisotopic (exact) mass is 306 g/mol. The summed E-state index contributed by atoms with van der Waals surface area (Å²) < 4.78 is 0. The molecule has 2 aliphatic rings. The summed E-state index contributed by atoms with van der Waals surface area (Å²) in [5.41, 5.74) is 1.76. The molecule has 0 aliphatic carbocycles. The molecule has 2 fully saturated rings. The molecule has 2 aliphatic heterocycles. The van der Waals surface area contributed by atoms with Gasteiger partial charge < -0.3 is 4.90 Å². The molecule has 3 rings (SSSR count). The maximum absolute atomic E-state index is 11.5. The Morgan fingerprint density at radius 2 is 2.10 bits per heavy atom. The van der Waals surface area contributed by atoms with E-state index in [9.17, 15) is 4.79 Å². The Morgan fingerprint density at radius 3 is 2.81 bits per heavy atom. The molecule has 4 heteroatoms. The van der Waals surface area contributed by atoms with Crippen LogP contribution in [0.1, 0.15) is 43.5 Å². The number of fused-ring (bicyclic) bond motifs is 1. The molecule has 0 bridgehead atoms. The van der Waals surface area contributed by atoms with E-state index in [4.69, 9.17) is 11.6 Å². The smallest absolute Gasteiger partial charge is 0.159 e. The highest BCUT2D eigenvalue weighted by atomic mass is 35.5. The Labute approximate surface area is 131 Å². The van der Waals surface area contributed by atoms with Crippen LogP contribution in [0.5, 0.6) is 0 Å². The number of ketones is 1. The third-order valence-corrected chi connectivity index (χ3v) is 5.15. The second-order valence-electron chi connectivity index (χ2n) is 6.37. The third kappa shape index (κ3) is 2.95. The average molecular weight is 307 g/mol. The molecule has 2 atom stereocenters. The zero-order valence-electron chi connectivity index (χ0n) is 12.8. The van der Waals surface area contributed by atoms with Gasteiger partial charge >= 0.3 is 0 Å². The number of Topliss-reactive ketones (excluding diaryl/α,β-unsaturated/α-hetero) is 1. The van der Waals surface area contributed by atoms with E-state index >= 15 is 0 Å². The highest BCUT2D eigenvalue weighted by molar-refractivity contribution is 6.33. The van der Waals surface area contributed by atoms with Crippen molar-refractivity contribution in [2.24, 2.45) is 0 Å². The molecule has 0 aromatic heterocycles. The molecule has 3 nitrogen and oxygen atoms in total. The van der Waals surface area contributed by atoms with Crippen molar-refractivity contribution in [1.82, 2.24) is 4.90 Å². The molecular weight excluding hydrogens is 284 g/mol. The van der Waals surface area contributed by atoms with Crippen LogP contribution in [-0.2, 0) is 0 Å². The van der Waals surface area contributed by atoms with Crippen molar-refractivity contribution in [1.29, 1.82) is 0 Å². The van der Waals surface area contributed by atoms with E-state index in [1.54, 1.807) is 13.0 Å². The Hall–Kier alpha value is -1.06. The third-order valence-electron chi connectivity index (χ3n) is 4.85. The van der Waals surface area contributed by atoms with Crippen LogP contribution in [0.2, 0.25) is 5.02 Å². The van der Waals surface area contributed by atoms with Crippen molar-refractivity contribution in [2.45, 2.75) is 45.2 Å². The average Bonchev–Trinajstić information content (AvgIpc) is 2.46. The van der Waals surface area contributed by atoms with Crippen molar-refractivity contribution in [3.63, 3.8) is 0 Å². The Kier molecular flexibility index (Phi) is 4.23. The molecule has 1 aromatic rings. The summed E-state index contributed by atoms with van der Waals surface area (Å²) in [6, 6.07) is 6.81. The zero-order valence-corrected chi connectivity index (χ0v) is 13.6. The SMILES string of the molecule is CC(=O)c1ccc(N2CC3CCCCN3CC2C)c(Cl)c1. The van der Waals surface area contributed by atoms with Gasteiger partial charge in [0.15, 0.2) is 5.78 Å². The van der Waals surface area contributed by atoms with E-state index < -0.39 is 0 Å². The van der Waals surface area contributed by atoms with Gasteiger partial charge in [-0.05, 0) is 51.4 Å². The van der Waals surface area contributed by atoms with E-state index in [0.29, 0.717) is 22.7 Å². The number of rotatable bonds is 2. The second-order valence-corrected chi connectivity index (χ2v) is 6.78. The number of hydrogen-bond acceptors (Lipinski definition) is 3. The molecule has 0 N–H and O–H groups in total. The van der Waals surface area contributed by atoms with Crippen molar-refractivity contribution < 1.29 is 4.79 Å². The quantitative estimate of drug-likeness (QED) is 0.780. The van der Waals surface area contributed by atoms with E-state index in [2.05, 4.69) is 16.7 Å². The Bertz CT molecular complexity index is 546. The summed E-state index contributed by atoms with van der Waals surface area (Å²) >= 11 is 6.44. The van der Waals surface area contributed by atoms with Gasteiger partial charge in [-0.15, -0.1) is 0 Å². The van der Waals surface area contributed by atoms with Crippen LogP contribution in [0, 0.1) is 0 Å². The van der Waals surface area contributed by atoms with Crippen molar-refractivity contribution >= 4 is 23.1 Å². The molecule has 2 saturated heterocycles. The van der Waals surface area contributed by atoms with Gasteiger partial charge in [-0.3, -0.25) is 9.69 Å². The van der Waals surface area contributed by atoms with E-state index in [0.717, 1.165) is 18.8 Å². The number of nitrogens with zero attached hydrogens (tertiary/aromatic N) is 2. The summed E-state index contributed by atoms with van der Waals surface area (Å²) in [6.07, 6.45) is 3.95. The number of anilines is 1. The molecular formula is C17H23ClN2O. The molecule has 0 spiro atoms. The minimum absolute atomic E-state index is 0.0635. The molecule has 2 heterocycles. The van der Waals surface area contributed by atoms with Gasteiger partial charge in [0.25, 0.3) is 0 Å². The second kappa shape index (κ2) is 5.98. The Balaban J connectivity index is 1.84. The lowest BCUT2D eigenvalue weighted by Crippen LogP contribution is -2.58. The highest BCUT2D eigenvalue weighted by Crippen LogP contribution is 2.33. The van der Waals surface area contributed by atoms with Crippen LogP contribution in [0.15, 0.2) is 18.2 Å². The molecule has 2 unspecified atom stereocenters. The van der Waals surface area contributed by atoms with Gasteiger partial charge in [-0.25, -0.2) is 0 Å². The van der Waals surface area contributed by atoms with Gasteiger partial charge in [-0.2, -0.15) is 0 Å². The van der Waals surface area contributed by atoms with E-state index in [-0.39, 0.29) is 5.78 Å². The number of piperazine rings is 1. The lowest BCUT2D eigenvalue weighted by atomic mass is 9.96. The first-order valence-corrected chi connectivity index (χ1v) is 8.25. The number of benzene rings is 1. The van der Waals surface area contributed by atoms with Crippen LogP contribution >= 0.6 is 11.6 Å². The van der Waals surface area contributed by atoms with Crippen LogP contribution in [0.3, 0.4) is 0 Å². The van der Waals surface area contributed by atoms with Crippen LogP contribution in [-0.4, -0.2) is 42.4 Å². The fraction of sp³-hybridized carbons (Fsp3) is 0.588. The summed E-state index contributed by atoms with van der Waals surface area (Å²) in [7, 11) is 0. The maximum atomic E-state index is 11.5. The van der Waals surface area contributed by atoms with Gasteiger partial charge in [0.05, 0.1) is 10.7 Å². The fourth-order valence-electron chi connectivity index (χ4n) is 3.65.